The molecule has 3 nitrogen and oxygen atoms in total. The monoisotopic (exact) mass is 134 g/mol. The fourth-order valence-corrected chi connectivity index (χ4v) is 0.389. The van der Waals surface area contributed by atoms with Crippen LogP contribution in [0.5, 0.6) is 0 Å². The number of carbonyl (C=O) groups excluding carboxylic acids is 1. The first kappa shape index (κ1) is 7.78. The van der Waals surface area contributed by atoms with Crippen LogP contribution in [0.3, 0.4) is 0 Å². The molecule has 0 bridgehead atoms. The third-order valence-electron chi connectivity index (χ3n) is 0.791. The number of hydrogen-bond acceptors (Lipinski definition) is 2. The van der Waals surface area contributed by atoms with Gasteiger partial charge in [-0.15, -0.1) is 0 Å². The van der Waals surface area contributed by atoms with Crippen molar-refractivity contribution < 1.29 is 4.79 Å². The van der Waals surface area contributed by atoms with E-state index < -0.39 is 0 Å². The molecule has 4 heteroatoms. The van der Waals surface area contributed by atoms with E-state index in [1.807, 2.05) is 0 Å². The molecule has 0 atom stereocenters. The highest BCUT2D eigenvalue weighted by Crippen LogP contribution is 1.87. The molecule has 1 amide bonds. The van der Waals surface area contributed by atoms with Crippen molar-refractivity contribution in [2.24, 2.45) is 5.73 Å². The normalized spacial score (nSPS) is 8.88. The first-order chi connectivity index (χ1) is 3.68. The van der Waals surface area contributed by atoms with E-state index in [9.17, 15) is 4.79 Å². The van der Waals surface area contributed by atoms with E-state index in [2.05, 4.69) is 12.6 Å². The van der Waals surface area contributed by atoms with Crippen LogP contribution in [0.4, 0.5) is 4.79 Å². The van der Waals surface area contributed by atoms with Crippen molar-refractivity contribution in [1.82, 2.24) is 4.90 Å². The van der Waals surface area contributed by atoms with Gasteiger partial charge in [0, 0.05) is 20.1 Å². The number of nitrogens with zero attached hydrogens (tertiary/aromatic N) is 1. The van der Waals surface area contributed by atoms with Crippen LogP contribution in [0.25, 0.3) is 0 Å². The fourth-order valence-electron chi connectivity index (χ4n) is 0.289. The lowest BCUT2D eigenvalue weighted by atomic mass is 10.6. The van der Waals surface area contributed by atoms with Crippen LogP contribution in [0, 0.1) is 0 Å². The Labute approximate surface area is 54.3 Å². The van der Waals surface area contributed by atoms with E-state index in [1.54, 1.807) is 7.05 Å². The van der Waals surface area contributed by atoms with E-state index in [4.69, 9.17) is 5.73 Å². The Kier molecular flexibility index (Phi) is 3.64. The molecule has 48 valence electrons. The van der Waals surface area contributed by atoms with Gasteiger partial charge in [0.05, 0.1) is 0 Å². The zero-order chi connectivity index (χ0) is 6.57. The summed E-state index contributed by atoms with van der Waals surface area (Å²) in [7, 11) is 1.65. The summed E-state index contributed by atoms with van der Waals surface area (Å²) in [5.41, 5.74) is 5.14. The standard InChI is InChI=1S/C4H10N2OS/c1-6(3-2-5)4(7)8/h2-3,5H2,1H3,(H,7,8). The van der Waals surface area contributed by atoms with Crippen molar-refractivity contribution in [2.75, 3.05) is 20.1 Å². The van der Waals surface area contributed by atoms with Crippen LogP contribution in [0.2, 0.25) is 0 Å². The average molecular weight is 134 g/mol. The molecule has 0 unspecified atom stereocenters. The van der Waals surface area contributed by atoms with Gasteiger partial charge in [0.1, 0.15) is 0 Å². The van der Waals surface area contributed by atoms with Crippen molar-refractivity contribution in [1.29, 1.82) is 0 Å². The maximum atomic E-state index is 10.3. The predicted molar refractivity (Wildman–Crippen MR) is 36.1 cm³/mol. The Balaban J connectivity index is 3.32. The Morgan fingerprint density at radius 2 is 2.38 bits per heavy atom. The highest BCUT2D eigenvalue weighted by Gasteiger charge is 1.97. The summed E-state index contributed by atoms with van der Waals surface area (Å²) in [6.07, 6.45) is 0. The highest BCUT2D eigenvalue weighted by atomic mass is 32.1. The van der Waals surface area contributed by atoms with Gasteiger partial charge in [-0.1, -0.05) is 12.6 Å². The lowest BCUT2D eigenvalue weighted by Crippen LogP contribution is -2.27. The van der Waals surface area contributed by atoms with Gasteiger partial charge in [-0.05, 0) is 0 Å². The highest BCUT2D eigenvalue weighted by molar-refractivity contribution is 7.96. The Bertz CT molecular complexity index is 86.1. The van der Waals surface area contributed by atoms with E-state index in [0.717, 1.165) is 0 Å². The van der Waals surface area contributed by atoms with Gasteiger partial charge in [0.25, 0.3) is 5.24 Å². The number of thiol groups is 1. The molecule has 0 heterocycles. The summed E-state index contributed by atoms with van der Waals surface area (Å²) in [5.74, 6) is 0. The Morgan fingerprint density at radius 3 is 2.50 bits per heavy atom. The molecule has 0 aliphatic rings. The Hall–Kier alpha value is -0.220. The minimum atomic E-state index is -0.240. The number of likely N-dealkylation sites (N-methyl/N-ethyl adjacent to an activating group) is 1. The first-order valence-corrected chi connectivity index (χ1v) is 2.77. The van der Waals surface area contributed by atoms with Crippen molar-refractivity contribution in [2.45, 2.75) is 0 Å². The summed E-state index contributed by atoms with van der Waals surface area (Å²) < 4.78 is 0. The lowest BCUT2D eigenvalue weighted by Gasteiger charge is -2.10. The summed E-state index contributed by atoms with van der Waals surface area (Å²) in [6, 6.07) is 0. The van der Waals surface area contributed by atoms with Crippen LogP contribution >= 0.6 is 12.6 Å². The topological polar surface area (TPSA) is 46.3 Å². The van der Waals surface area contributed by atoms with Crippen LogP contribution < -0.4 is 5.73 Å². The van der Waals surface area contributed by atoms with Gasteiger partial charge in [0.15, 0.2) is 0 Å². The van der Waals surface area contributed by atoms with E-state index in [1.165, 1.54) is 4.90 Å². The summed E-state index contributed by atoms with van der Waals surface area (Å²) in [5, 5.41) is -0.240. The molecule has 0 aliphatic heterocycles. The molecule has 8 heavy (non-hydrogen) atoms. The molecule has 0 rings (SSSR count). The lowest BCUT2D eigenvalue weighted by molar-refractivity contribution is 0.235. The number of nitrogens with two attached hydrogens (primary N) is 1. The second kappa shape index (κ2) is 3.74. The van der Waals surface area contributed by atoms with Gasteiger partial charge >= 0.3 is 0 Å². The zero-order valence-corrected chi connectivity index (χ0v) is 5.69. The van der Waals surface area contributed by atoms with Gasteiger partial charge in [-0.3, -0.25) is 4.79 Å². The molecule has 0 aromatic heterocycles. The molecule has 0 radical (unpaired) electrons. The van der Waals surface area contributed by atoms with Crippen molar-refractivity contribution in [3.63, 3.8) is 0 Å². The maximum Gasteiger partial charge on any atom is 0.278 e. The minimum Gasteiger partial charge on any atom is -0.336 e. The van der Waals surface area contributed by atoms with Gasteiger partial charge in [0.2, 0.25) is 0 Å². The van der Waals surface area contributed by atoms with Gasteiger partial charge in [-0.25, -0.2) is 0 Å². The third kappa shape index (κ3) is 2.87. The molecule has 0 saturated carbocycles. The fraction of sp³-hybridized carbons (Fsp3) is 0.750. The molecular weight excluding hydrogens is 124 g/mol. The average Bonchev–Trinajstić information content (AvgIpc) is 1.67. The summed E-state index contributed by atoms with van der Waals surface area (Å²) >= 11 is 3.56. The molecular formula is C4H10N2OS. The largest absolute Gasteiger partial charge is 0.336 e. The van der Waals surface area contributed by atoms with Crippen LogP contribution in [0.1, 0.15) is 0 Å². The zero-order valence-electron chi connectivity index (χ0n) is 4.79. The smallest absolute Gasteiger partial charge is 0.278 e. The minimum absolute atomic E-state index is 0.240. The van der Waals surface area contributed by atoms with Crippen molar-refractivity contribution >= 4 is 17.9 Å². The van der Waals surface area contributed by atoms with Gasteiger partial charge in [-0.2, -0.15) is 0 Å². The molecule has 0 aromatic carbocycles. The van der Waals surface area contributed by atoms with E-state index in [-0.39, 0.29) is 5.24 Å². The number of hydrogen-bond donors (Lipinski definition) is 2. The van der Waals surface area contributed by atoms with Gasteiger partial charge < -0.3 is 10.6 Å². The van der Waals surface area contributed by atoms with Crippen molar-refractivity contribution in [3.8, 4) is 0 Å². The molecule has 0 saturated heterocycles. The second-order valence-electron chi connectivity index (χ2n) is 1.49. The molecule has 0 aromatic rings. The molecule has 0 spiro atoms. The SMILES string of the molecule is CN(CCN)C(=O)S. The number of amides is 1. The quantitative estimate of drug-likeness (QED) is 0.519. The molecule has 0 aliphatic carbocycles. The number of carbonyl (C=O) groups is 1. The first-order valence-electron chi connectivity index (χ1n) is 2.32. The van der Waals surface area contributed by atoms with Crippen LogP contribution in [-0.4, -0.2) is 30.3 Å². The molecule has 2 N–H and O–H groups in total. The predicted octanol–water partition coefficient (Wildman–Crippen LogP) is -0.0733. The van der Waals surface area contributed by atoms with Crippen molar-refractivity contribution in [3.05, 3.63) is 0 Å². The number of rotatable bonds is 2. The summed E-state index contributed by atoms with van der Waals surface area (Å²) in [6.45, 7) is 1.06. The Morgan fingerprint density at radius 1 is 1.88 bits per heavy atom. The molecule has 0 fully saturated rings. The van der Waals surface area contributed by atoms with E-state index >= 15 is 0 Å². The second-order valence-corrected chi connectivity index (χ2v) is 1.88. The van der Waals surface area contributed by atoms with Crippen LogP contribution in [0.15, 0.2) is 0 Å². The van der Waals surface area contributed by atoms with Crippen LogP contribution in [-0.2, 0) is 0 Å². The maximum absolute atomic E-state index is 10.3. The van der Waals surface area contributed by atoms with E-state index in [0.29, 0.717) is 13.1 Å². The summed E-state index contributed by atoms with van der Waals surface area (Å²) in [4.78, 5) is 11.7. The third-order valence-corrected chi connectivity index (χ3v) is 1.13.